The van der Waals surface area contributed by atoms with Crippen molar-refractivity contribution in [2.24, 2.45) is 0 Å². The summed E-state index contributed by atoms with van der Waals surface area (Å²) in [5.74, 6) is -3.81. The molecule has 170 valence electrons. The van der Waals surface area contributed by atoms with Gasteiger partial charge in [-0.2, -0.15) is 4.31 Å². The van der Waals surface area contributed by atoms with Crippen molar-refractivity contribution in [3.63, 3.8) is 0 Å². The second-order valence-electron chi connectivity index (χ2n) is 6.40. The third-order valence-corrected chi connectivity index (χ3v) is 6.36. The van der Waals surface area contributed by atoms with Gasteiger partial charge in [-0.3, -0.25) is 14.9 Å². The number of hydrogen-bond donors (Lipinski definition) is 2. The van der Waals surface area contributed by atoms with Gasteiger partial charge < -0.3 is 15.1 Å². The number of amides is 1. The Hall–Kier alpha value is -3.84. The number of carbonyl (C=O) groups is 3. The summed E-state index contributed by atoms with van der Waals surface area (Å²) in [4.78, 5) is 42.3. The number of nitro benzene ring substituents is 1. The first-order valence-corrected chi connectivity index (χ1v) is 10.5. The number of carbonyl (C=O) groups excluding carboxylic acids is 1. The van der Waals surface area contributed by atoms with E-state index < -0.39 is 32.6 Å². The number of para-hydroxylation sites is 1. The maximum Gasteiger partial charge on any atom is 0.414 e. The maximum atomic E-state index is 12.8. The van der Waals surface area contributed by atoms with Crippen LogP contribution in [0.25, 0.3) is 0 Å². The van der Waals surface area contributed by atoms with Crippen LogP contribution in [0, 0.1) is 10.1 Å². The Bertz CT molecular complexity index is 1100. The summed E-state index contributed by atoms with van der Waals surface area (Å²) in [7, 11) is -4.00. The molecule has 0 spiro atoms. The first-order chi connectivity index (χ1) is 15.1. The molecule has 1 amide bonds. The third-order valence-electron chi connectivity index (χ3n) is 4.41. The fourth-order valence-corrected chi connectivity index (χ4v) is 4.44. The fraction of sp³-hybridized carbons (Fsp3) is 0.211. The van der Waals surface area contributed by atoms with Crippen LogP contribution in [0.2, 0.25) is 0 Å². The van der Waals surface area contributed by atoms with Crippen LogP contribution in [0.15, 0.2) is 59.5 Å². The first kappa shape index (κ1) is 24.4. The number of carboxylic acid groups (broad SMARTS) is 2. The molecule has 1 saturated heterocycles. The predicted octanol–water partition coefficient (Wildman–Crippen LogP) is 0.897. The van der Waals surface area contributed by atoms with Crippen molar-refractivity contribution in [2.45, 2.75) is 4.90 Å². The zero-order valence-corrected chi connectivity index (χ0v) is 17.3. The number of nitrogens with zero attached hydrogens (tertiary/aromatic N) is 3. The molecule has 1 aliphatic heterocycles. The van der Waals surface area contributed by atoms with Crippen LogP contribution in [0.5, 0.6) is 0 Å². The van der Waals surface area contributed by atoms with Crippen LogP contribution in [-0.4, -0.2) is 76.8 Å². The van der Waals surface area contributed by atoms with Gasteiger partial charge in [-0.1, -0.05) is 30.3 Å². The Morgan fingerprint density at radius 1 is 0.844 bits per heavy atom. The number of carboxylic acids is 2. The Morgan fingerprint density at radius 3 is 1.84 bits per heavy atom. The molecule has 0 radical (unpaired) electrons. The smallest absolute Gasteiger partial charge is 0.414 e. The van der Waals surface area contributed by atoms with Gasteiger partial charge in [-0.05, 0) is 18.2 Å². The van der Waals surface area contributed by atoms with Crippen LogP contribution in [-0.2, 0) is 19.6 Å². The number of rotatable bonds is 4. The van der Waals surface area contributed by atoms with Crippen LogP contribution < -0.4 is 0 Å². The van der Waals surface area contributed by atoms with E-state index in [4.69, 9.17) is 19.8 Å². The molecule has 0 saturated carbocycles. The molecule has 1 fully saturated rings. The number of nitro groups is 1. The van der Waals surface area contributed by atoms with Crippen molar-refractivity contribution < 1.29 is 37.9 Å². The summed E-state index contributed by atoms with van der Waals surface area (Å²) < 4.78 is 26.7. The lowest BCUT2D eigenvalue weighted by Gasteiger charge is -2.34. The minimum Gasteiger partial charge on any atom is -0.473 e. The third kappa shape index (κ3) is 5.86. The normalized spacial score (nSPS) is 14.1. The van der Waals surface area contributed by atoms with E-state index in [0.29, 0.717) is 5.56 Å². The summed E-state index contributed by atoms with van der Waals surface area (Å²) in [5, 5.41) is 25.9. The van der Waals surface area contributed by atoms with Gasteiger partial charge in [0.15, 0.2) is 4.90 Å². The van der Waals surface area contributed by atoms with Gasteiger partial charge in [-0.25, -0.2) is 18.0 Å². The molecule has 1 aliphatic rings. The van der Waals surface area contributed by atoms with Crippen molar-refractivity contribution >= 4 is 33.6 Å². The summed E-state index contributed by atoms with van der Waals surface area (Å²) in [6.07, 6.45) is 0. The average molecular weight is 465 g/mol. The molecule has 0 atom stereocenters. The summed E-state index contributed by atoms with van der Waals surface area (Å²) in [6.45, 7) is 0.640. The van der Waals surface area contributed by atoms with E-state index in [1.165, 1.54) is 28.6 Å². The molecule has 0 aliphatic carbocycles. The lowest BCUT2D eigenvalue weighted by atomic mass is 10.2. The lowest BCUT2D eigenvalue weighted by molar-refractivity contribution is -0.387. The molecule has 2 aromatic rings. The Kier molecular flexibility index (Phi) is 7.98. The number of sulfonamides is 1. The van der Waals surface area contributed by atoms with E-state index in [9.17, 15) is 23.3 Å². The second-order valence-corrected chi connectivity index (χ2v) is 8.30. The first-order valence-electron chi connectivity index (χ1n) is 9.09. The fourth-order valence-electron chi connectivity index (χ4n) is 2.86. The highest BCUT2D eigenvalue weighted by Gasteiger charge is 2.34. The topological polar surface area (TPSA) is 175 Å². The highest BCUT2D eigenvalue weighted by molar-refractivity contribution is 7.89. The standard InChI is InChI=1S/C17H17N3O5S.C2H2O4/c21-17(14-6-2-1-3-7-14)18-10-12-19(13-11-18)26(24,25)16-9-5-4-8-15(16)20(22)23;3-1(4)2(5)6/h1-9H,10-13H2;(H,3,4)(H,5,6). The van der Waals surface area contributed by atoms with E-state index in [1.54, 1.807) is 29.2 Å². The molecule has 0 unspecified atom stereocenters. The van der Waals surface area contributed by atoms with Gasteiger partial charge in [-0.15, -0.1) is 0 Å². The molecular weight excluding hydrogens is 446 g/mol. The average Bonchev–Trinajstić information content (AvgIpc) is 2.79. The van der Waals surface area contributed by atoms with Crippen molar-refractivity contribution in [3.05, 3.63) is 70.3 Å². The molecule has 32 heavy (non-hydrogen) atoms. The van der Waals surface area contributed by atoms with Gasteiger partial charge in [0.1, 0.15) is 0 Å². The molecule has 0 aromatic heterocycles. The zero-order valence-electron chi connectivity index (χ0n) is 16.5. The van der Waals surface area contributed by atoms with Gasteiger partial charge >= 0.3 is 11.9 Å². The van der Waals surface area contributed by atoms with Crippen molar-refractivity contribution in [3.8, 4) is 0 Å². The molecule has 1 heterocycles. The van der Waals surface area contributed by atoms with Gasteiger partial charge in [0, 0.05) is 37.8 Å². The summed E-state index contributed by atoms with van der Waals surface area (Å²) in [5.41, 5.74) is 0.0952. The van der Waals surface area contributed by atoms with Crippen molar-refractivity contribution in [1.29, 1.82) is 0 Å². The highest BCUT2D eigenvalue weighted by atomic mass is 32.2. The lowest BCUT2D eigenvalue weighted by Crippen LogP contribution is -2.50. The van der Waals surface area contributed by atoms with E-state index in [-0.39, 0.29) is 37.0 Å². The van der Waals surface area contributed by atoms with Crippen molar-refractivity contribution in [1.82, 2.24) is 9.21 Å². The van der Waals surface area contributed by atoms with Crippen LogP contribution in [0.3, 0.4) is 0 Å². The number of piperazine rings is 1. The molecule has 3 rings (SSSR count). The number of aliphatic carboxylic acids is 2. The van der Waals surface area contributed by atoms with Gasteiger partial charge in [0.2, 0.25) is 10.0 Å². The van der Waals surface area contributed by atoms with E-state index in [0.717, 1.165) is 0 Å². The highest BCUT2D eigenvalue weighted by Crippen LogP contribution is 2.27. The maximum absolute atomic E-state index is 12.8. The second kappa shape index (κ2) is 10.5. The van der Waals surface area contributed by atoms with Crippen LogP contribution in [0.1, 0.15) is 10.4 Å². The van der Waals surface area contributed by atoms with Crippen LogP contribution in [0.4, 0.5) is 5.69 Å². The predicted molar refractivity (Wildman–Crippen MR) is 109 cm³/mol. The van der Waals surface area contributed by atoms with Gasteiger partial charge in [0.25, 0.3) is 11.6 Å². The summed E-state index contributed by atoms with van der Waals surface area (Å²) >= 11 is 0. The molecule has 2 aromatic carbocycles. The SMILES string of the molecule is O=C(O)C(=O)O.O=C(c1ccccc1)N1CCN(S(=O)(=O)c2ccccc2[N+](=O)[O-])CC1. The quantitative estimate of drug-likeness (QED) is 0.377. The van der Waals surface area contributed by atoms with Gasteiger partial charge in [0.05, 0.1) is 4.92 Å². The number of hydrogen-bond acceptors (Lipinski definition) is 7. The molecule has 0 bridgehead atoms. The molecule has 12 nitrogen and oxygen atoms in total. The van der Waals surface area contributed by atoms with Crippen molar-refractivity contribution in [2.75, 3.05) is 26.2 Å². The van der Waals surface area contributed by atoms with Crippen LogP contribution >= 0.6 is 0 Å². The largest absolute Gasteiger partial charge is 0.473 e. The van der Waals surface area contributed by atoms with E-state index in [1.807, 2.05) is 6.07 Å². The van der Waals surface area contributed by atoms with E-state index in [2.05, 4.69) is 0 Å². The van der Waals surface area contributed by atoms with E-state index >= 15 is 0 Å². The number of benzene rings is 2. The summed E-state index contributed by atoms with van der Waals surface area (Å²) in [6, 6.07) is 14.0. The Balaban J connectivity index is 0.000000534. The monoisotopic (exact) mass is 465 g/mol. The molecule has 13 heteroatoms. The minimum absolute atomic E-state index is 0.0902. The minimum atomic E-state index is -4.00. The molecular formula is C19H19N3O9S. The Morgan fingerprint density at radius 2 is 1.34 bits per heavy atom. The Labute approximate surface area is 182 Å². The molecule has 2 N–H and O–H groups in total. The zero-order chi connectivity index (χ0) is 23.9.